The summed E-state index contributed by atoms with van der Waals surface area (Å²) in [5.41, 5.74) is 2.46. The van der Waals surface area contributed by atoms with Gasteiger partial charge in [0.15, 0.2) is 11.3 Å². The van der Waals surface area contributed by atoms with Crippen LogP contribution in [0.2, 0.25) is 5.02 Å². The van der Waals surface area contributed by atoms with Gasteiger partial charge in [-0.05, 0) is 57.2 Å². The zero-order valence-electron chi connectivity index (χ0n) is 13.6. The van der Waals surface area contributed by atoms with Crippen molar-refractivity contribution < 1.29 is 14.3 Å². The van der Waals surface area contributed by atoms with E-state index in [2.05, 4.69) is 0 Å². The van der Waals surface area contributed by atoms with Gasteiger partial charge in [-0.2, -0.15) is 0 Å². The maximum absolute atomic E-state index is 13.0. The topological polar surface area (TPSA) is 53.7 Å². The van der Waals surface area contributed by atoms with Crippen molar-refractivity contribution in [1.82, 2.24) is 4.90 Å². The van der Waals surface area contributed by atoms with Gasteiger partial charge >= 0.3 is 0 Å². The summed E-state index contributed by atoms with van der Waals surface area (Å²) in [7, 11) is 0. The van der Waals surface area contributed by atoms with Crippen molar-refractivity contribution in [2.45, 2.75) is 45.6 Å². The van der Waals surface area contributed by atoms with Crippen molar-refractivity contribution in [3.63, 3.8) is 0 Å². The average Bonchev–Trinajstić information content (AvgIpc) is 2.85. The molecule has 3 rings (SSSR count). The molecule has 1 fully saturated rings. The maximum Gasteiger partial charge on any atom is 0.290 e. The number of aryl methyl sites for hydroxylation is 2. The van der Waals surface area contributed by atoms with Gasteiger partial charge in [0, 0.05) is 30.1 Å². The van der Waals surface area contributed by atoms with Crippen LogP contribution in [0.25, 0.3) is 11.0 Å². The number of likely N-dealkylation sites (tertiary alicyclic amines) is 1. The Bertz CT molecular complexity index is 735. The standard InChI is InChI=1S/C18H22ClNO3/c1-11-9-14-12(2)16(23-17(14)15(19)10-11)18(22)20-7-4-3-5-13(20)6-8-21/h9-10,13,21H,3-8H2,1-2H3. The minimum Gasteiger partial charge on any atom is -0.449 e. The number of aliphatic hydroxyl groups is 1. The molecule has 0 radical (unpaired) electrons. The highest BCUT2D eigenvalue weighted by Crippen LogP contribution is 2.33. The summed E-state index contributed by atoms with van der Waals surface area (Å²) < 4.78 is 5.84. The molecule has 1 aromatic heterocycles. The van der Waals surface area contributed by atoms with Gasteiger partial charge < -0.3 is 14.4 Å². The second-order valence-corrected chi connectivity index (χ2v) is 6.75. The molecule has 2 heterocycles. The normalized spacial score (nSPS) is 18.6. The van der Waals surface area contributed by atoms with Gasteiger partial charge in [0.05, 0.1) is 5.02 Å². The third kappa shape index (κ3) is 2.98. The lowest BCUT2D eigenvalue weighted by molar-refractivity contribution is 0.0544. The number of hydrogen-bond donors (Lipinski definition) is 1. The van der Waals surface area contributed by atoms with Gasteiger partial charge in [-0.25, -0.2) is 0 Å². The van der Waals surface area contributed by atoms with Crippen molar-refractivity contribution >= 4 is 28.5 Å². The monoisotopic (exact) mass is 335 g/mol. The van der Waals surface area contributed by atoms with Gasteiger partial charge in [-0.3, -0.25) is 4.79 Å². The number of carbonyl (C=O) groups excluding carboxylic acids is 1. The molecule has 2 aromatic rings. The van der Waals surface area contributed by atoms with Crippen LogP contribution >= 0.6 is 11.6 Å². The number of aliphatic hydroxyl groups excluding tert-OH is 1. The van der Waals surface area contributed by atoms with Crippen LogP contribution in [-0.2, 0) is 0 Å². The van der Waals surface area contributed by atoms with Crippen LogP contribution in [-0.4, -0.2) is 35.1 Å². The van der Waals surface area contributed by atoms with Crippen LogP contribution in [0.3, 0.4) is 0 Å². The number of nitrogens with zero attached hydrogens (tertiary/aromatic N) is 1. The molecule has 4 nitrogen and oxygen atoms in total. The second-order valence-electron chi connectivity index (χ2n) is 6.34. The molecule has 124 valence electrons. The van der Waals surface area contributed by atoms with E-state index in [1.54, 1.807) is 0 Å². The Morgan fingerprint density at radius 3 is 2.91 bits per heavy atom. The number of rotatable bonds is 3. The molecule has 0 spiro atoms. The highest BCUT2D eigenvalue weighted by atomic mass is 35.5. The summed E-state index contributed by atoms with van der Waals surface area (Å²) in [5, 5.41) is 10.7. The SMILES string of the molecule is Cc1cc(Cl)c2oc(C(=O)N3CCCCC3CCO)c(C)c2c1. The lowest BCUT2D eigenvalue weighted by atomic mass is 9.99. The van der Waals surface area contributed by atoms with Crippen LogP contribution in [0.4, 0.5) is 0 Å². The Balaban J connectivity index is 2.00. The van der Waals surface area contributed by atoms with Crippen LogP contribution in [0.1, 0.15) is 47.4 Å². The van der Waals surface area contributed by atoms with Crippen molar-refractivity contribution in [1.29, 1.82) is 0 Å². The third-order valence-electron chi connectivity index (χ3n) is 4.68. The van der Waals surface area contributed by atoms with Gasteiger partial charge in [-0.1, -0.05) is 11.6 Å². The van der Waals surface area contributed by atoms with Crippen LogP contribution in [0, 0.1) is 13.8 Å². The summed E-state index contributed by atoms with van der Waals surface area (Å²) in [5.74, 6) is 0.280. The zero-order chi connectivity index (χ0) is 16.6. The van der Waals surface area contributed by atoms with Gasteiger partial charge in [0.2, 0.25) is 0 Å². The van der Waals surface area contributed by atoms with E-state index in [0.29, 0.717) is 29.3 Å². The van der Waals surface area contributed by atoms with Gasteiger partial charge in [0.25, 0.3) is 5.91 Å². The molecule has 1 unspecified atom stereocenters. The van der Waals surface area contributed by atoms with Gasteiger partial charge in [0.1, 0.15) is 0 Å². The molecule has 0 bridgehead atoms. The van der Waals surface area contributed by atoms with Crippen LogP contribution in [0.5, 0.6) is 0 Å². The number of hydrogen-bond acceptors (Lipinski definition) is 3. The van der Waals surface area contributed by atoms with Crippen LogP contribution < -0.4 is 0 Å². The fraction of sp³-hybridized carbons (Fsp3) is 0.500. The number of piperidine rings is 1. The number of halogens is 1. The Kier molecular flexibility index (Phi) is 4.64. The molecule has 1 amide bonds. The zero-order valence-corrected chi connectivity index (χ0v) is 14.3. The molecule has 1 aromatic carbocycles. The summed E-state index contributed by atoms with van der Waals surface area (Å²) >= 11 is 6.26. The maximum atomic E-state index is 13.0. The molecule has 0 aliphatic carbocycles. The largest absolute Gasteiger partial charge is 0.449 e. The predicted molar refractivity (Wildman–Crippen MR) is 91.1 cm³/mol. The molecule has 23 heavy (non-hydrogen) atoms. The summed E-state index contributed by atoms with van der Waals surface area (Å²) in [6.07, 6.45) is 3.64. The number of amides is 1. The fourth-order valence-corrected chi connectivity index (χ4v) is 3.78. The number of benzene rings is 1. The summed E-state index contributed by atoms with van der Waals surface area (Å²) in [4.78, 5) is 14.8. The van der Waals surface area contributed by atoms with E-state index in [4.69, 9.17) is 16.0 Å². The quantitative estimate of drug-likeness (QED) is 0.919. The van der Waals surface area contributed by atoms with E-state index in [1.165, 1.54) is 0 Å². The lowest BCUT2D eigenvalue weighted by Gasteiger charge is -2.35. The Labute approximate surface area is 141 Å². The van der Waals surface area contributed by atoms with E-state index in [9.17, 15) is 9.90 Å². The molecule has 1 aliphatic rings. The van der Waals surface area contributed by atoms with E-state index < -0.39 is 0 Å². The van der Waals surface area contributed by atoms with Gasteiger partial charge in [-0.15, -0.1) is 0 Å². The first kappa shape index (κ1) is 16.3. The molecule has 1 aliphatic heterocycles. The van der Waals surface area contributed by atoms with E-state index in [1.807, 2.05) is 30.9 Å². The molecule has 0 saturated carbocycles. The minimum absolute atomic E-state index is 0.0890. The smallest absolute Gasteiger partial charge is 0.290 e. The van der Waals surface area contributed by atoms with E-state index >= 15 is 0 Å². The fourth-order valence-electron chi connectivity index (χ4n) is 3.46. The number of fused-ring (bicyclic) bond motifs is 1. The van der Waals surface area contributed by atoms with Crippen molar-refractivity contribution in [3.05, 3.63) is 34.0 Å². The molecular formula is C18H22ClNO3. The molecule has 1 atom stereocenters. The average molecular weight is 336 g/mol. The number of furan rings is 1. The Morgan fingerprint density at radius 1 is 1.39 bits per heavy atom. The van der Waals surface area contributed by atoms with E-state index in [0.717, 1.165) is 35.8 Å². The molecule has 5 heteroatoms. The highest BCUT2D eigenvalue weighted by Gasteiger charge is 2.30. The first-order valence-electron chi connectivity index (χ1n) is 8.14. The predicted octanol–water partition coefficient (Wildman–Crippen LogP) is 4.08. The highest BCUT2D eigenvalue weighted by molar-refractivity contribution is 6.35. The number of carbonyl (C=O) groups is 1. The third-order valence-corrected chi connectivity index (χ3v) is 4.96. The molecule has 1 N–H and O–H groups in total. The van der Waals surface area contributed by atoms with Crippen molar-refractivity contribution in [2.75, 3.05) is 13.2 Å². The Hall–Kier alpha value is -1.52. The van der Waals surface area contributed by atoms with E-state index in [-0.39, 0.29) is 18.6 Å². The molecule has 1 saturated heterocycles. The summed E-state index contributed by atoms with van der Waals surface area (Å²) in [6.45, 7) is 4.69. The van der Waals surface area contributed by atoms with Crippen LogP contribution in [0.15, 0.2) is 16.5 Å². The second kappa shape index (κ2) is 6.54. The first-order valence-corrected chi connectivity index (χ1v) is 8.51. The van der Waals surface area contributed by atoms with Crippen molar-refractivity contribution in [2.24, 2.45) is 0 Å². The summed E-state index contributed by atoms with van der Waals surface area (Å²) in [6, 6.07) is 3.93. The minimum atomic E-state index is -0.0921. The Morgan fingerprint density at radius 2 is 2.17 bits per heavy atom. The lowest BCUT2D eigenvalue weighted by Crippen LogP contribution is -2.44. The first-order chi connectivity index (χ1) is 11.0. The van der Waals surface area contributed by atoms with Crippen molar-refractivity contribution in [3.8, 4) is 0 Å². The molecular weight excluding hydrogens is 314 g/mol.